The summed E-state index contributed by atoms with van der Waals surface area (Å²) >= 11 is 0. The van der Waals surface area contributed by atoms with Crippen LogP contribution < -0.4 is 0 Å². The topological polar surface area (TPSA) is 71.9 Å². The zero-order chi connectivity index (χ0) is 20.6. The number of rotatable bonds is 3. The Morgan fingerprint density at radius 1 is 1.10 bits per heavy atom. The van der Waals surface area contributed by atoms with Gasteiger partial charge in [0.15, 0.2) is 0 Å². The third kappa shape index (κ3) is 3.53. The third-order valence-electron chi connectivity index (χ3n) is 6.15. The summed E-state index contributed by atoms with van der Waals surface area (Å²) in [5.41, 5.74) is 0.814. The van der Waals surface area contributed by atoms with E-state index in [0.717, 1.165) is 21.9 Å². The fourth-order valence-corrected chi connectivity index (χ4v) is 4.68. The molecule has 0 aliphatic carbocycles. The van der Waals surface area contributed by atoms with E-state index in [1.807, 2.05) is 60.8 Å². The minimum Gasteiger partial charge on any atom is -0.445 e. The van der Waals surface area contributed by atoms with Gasteiger partial charge in [-0.3, -0.25) is 9.88 Å². The van der Waals surface area contributed by atoms with Crippen LogP contribution >= 0.6 is 0 Å². The van der Waals surface area contributed by atoms with Gasteiger partial charge in [0.25, 0.3) is 0 Å². The highest BCUT2D eigenvalue weighted by molar-refractivity contribution is 5.82. The van der Waals surface area contributed by atoms with Crippen LogP contribution in [0.5, 0.6) is 0 Å². The Bertz CT molecular complexity index is 1040. The zero-order valence-electron chi connectivity index (χ0n) is 16.6. The lowest BCUT2D eigenvalue weighted by molar-refractivity contribution is -0.136. The molecule has 0 spiro atoms. The number of carbonyl (C=O) groups is 1. The predicted octanol–water partition coefficient (Wildman–Crippen LogP) is 3.62. The van der Waals surface area contributed by atoms with E-state index >= 15 is 0 Å². The maximum Gasteiger partial charge on any atom is 0.410 e. The number of fused-ring (bicyclic) bond motifs is 3. The second-order valence-corrected chi connectivity index (χ2v) is 8.17. The SMILES string of the molecule is O=C(OCc1ccccc1)N1C2COCC1CC(O)(c1ccc3cnccc3c1)C2. The van der Waals surface area contributed by atoms with E-state index in [1.165, 1.54) is 0 Å². The second-order valence-electron chi connectivity index (χ2n) is 8.17. The van der Waals surface area contributed by atoms with Crippen LogP contribution in [0.4, 0.5) is 4.79 Å². The Morgan fingerprint density at radius 2 is 1.87 bits per heavy atom. The van der Waals surface area contributed by atoms with E-state index in [4.69, 9.17) is 9.47 Å². The second kappa shape index (κ2) is 7.70. The molecule has 1 aromatic heterocycles. The average molecular weight is 404 g/mol. The summed E-state index contributed by atoms with van der Waals surface area (Å²) in [7, 11) is 0. The molecule has 0 radical (unpaired) electrons. The number of hydrogen-bond acceptors (Lipinski definition) is 5. The quantitative estimate of drug-likeness (QED) is 0.722. The molecule has 2 aliphatic rings. The Kier molecular flexibility index (Phi) is 4.89. The number of nitrogens with zero attached hydrogens (tertiary/aromatic N) is 2. The van der Waals surface area contributed by atoms with Crippen LogP contribution in [0, 0.1) is 0 Å². The molecule has 6 heteroatoms. The van der Waals surface area contributed by atoms with Gasteiger partial charge in [-0.05, 0) is 28.6 Å². The molecule has 2 aromatic carbocycles. The fourth-order valence-electron chi connectivity index (χ4n) is 4.68. The van der Waals surface area contributed by atoms with Gasteiger partial charge in [0.05, 0.1) is 30.9 Å². The molecule has 2 atom stereocenters. The number of pyridine rings is 1. The maximum atomic E-state index is 12.9. The van der Waals surface area contributed by atoms with Crippen LogP contribution in [0.25, 0.3) is 10.8 Å². The summed E-state index contributed by atoms with van der Waals surface area (Å²) in [5, 5.41) is 13.6. The van der Waals surface area contributed by atoms with Crippen molar-refractivity contribution in [3.63, 3.8) is 0 Å². The third-order valence-corrected chi connectivity index (χ3v) is 6.15. The molecule has 2 unspecified atom stereocenters. The molecule has 0 saturated carbocycles. The van der Waals surface area contributed by atoms with Crippen molar-refractivity contribution in [2.24, 2.45) is 0 Å². The van der Waals surface area contributed by atoms with Crippen LogP contribution in [-0.4, -0.2) is 46.4 Å². The van der Waals surface area contributed by atoms with Crippen LogP contribution in [-0.2, 0) is 21.7 Å². The van der Waals surface area contributed by atoms with Crippen molar-refractivity contribution in [3.8, 4) is 0 Å². The normalized spacial score (nSPS) is 25.8. The molecule has 1 N–H and O–H groups in total. The monoisotopic (exact) mass is 404 g/mol. The van der Waals surface area contributed by atoms with Crippen molar-refractivity contribution in [3.05, 3.63) is 78.1 Å². The first-order chi connectivity index (χ1) is 14.6. The van der Waals surface area contributed by atoms with Crippen molar-refractivity contribution < 1.29 is 19.4 Å². The largest absolute Gasteiger partial charge is 0.445 e. The number of piperidine rings is 1. The van der Waals surface area contributed by atoms with Gasteiger partial charge in [-0.25, -0.2) is 4.79 Å². The summed E-state index contributed by atoms with van der Waals surface area (Å²) < 4.78 is 11.3. The van der Waals surface area contributed by atoms with E-state index in [1.54, 1.807) is 11.1 Å². The van der Waals surface area contributed by atoms with Crippen LogP contribution in [0.3, 0.4) is 0 Å². The van der Waals surface area contributed by atoms with Crippen LogP contribution in [0.15, 0.2) is 67.0 Å². The number of carbonyl (C=O) groups excluding carboxylic acids is 1. The van der Waals surface area contributed by atoms with Gasteiger partial charge in [-0.1, -0.05) is 42.5 Å². The smallest absolute Gasteiger partial charge is 0.410 e. The molecule has 1 amide bonds. The van der Waals surface area contributed by atoms with Crippen molar-refractivity contribution in [1.29, 1.82) is 0 Å². The summed E-state index contributed by atoms with van der Waals surface area (Å²) in [5.74, 6) is 0. The fraction of sp³-hybridized carbons (Fsp3) is 0.333. The van der Waals surface area contributed by atoms with E-state index < -0.39 is 5.60 Å². The van der Waals surface area contributed by atoms with Gasteiger partial charge >= 0.3 is 6.09 Å². The number of aromatic nitrogens is 1. The molecule has 2 aliphatic heterocycles. The molecule has 6 nitrogen and oxygen atoms in total. The number of hydrogen-bond donors (Lipinski definition) is 1. The average Bonchev–Trinajstić information content (AvgIpc) is 2.77. The van der Waals surface area contributed by atoms with Crippen molar-refractivity contribution in [1.82, 2.24) is 9.88 Å². The Morgan fingerprint density at radius 3 is 2.63 bits per heavy atom. The first-order valence-electron chi connectivity index (χ1n) is 10.3. The molecule has 30 heavy (non-hydrogen) atoms. The van der Waals surface area contributed by atoms with E-state index in [0.29, 0.717) is 26.1 Å². The standard InChI is InChI=1S/C24H24N2O4/c27-23(30-14-17-4-2-1-3-5-17)26-21-11-24(28,12-22(26)16-29-15-21)20-7-6-19-13-25-9-8-18(19)10-20/h1-10,13,21-22,28H,11-12,14-16H2. The van der Waals surface area contributed by atoms with Gasteiger partial charge in [0.1, 0.15) is 6.61 Å². The highest BCUT2D eigenvalue weighted by Gasteiger charge is 2.49. The summed E-state index contributed by atoms with van der Waals surface area (Å²) in [6.45, 7) is 1.03. The zero-order valence-corrected chi connectivity index (χ0v) is 16.6. The molecule has 2 saturated heterocycles. The first-order valence-corrected chi connectivity index (χ1v) is 10.3. The van der Waals surface area contributed by atoms with E-state index in [9.17, 15) is 9.90 Å². The summed E-state index contributed by atoms with van der Waals surface area (Å²) in [6, 6.07) is 17.1. The minimum absolute atomic E-state index is 0.223. The first kappa shape index (κ1) is 19.0. The lowest BCUT2D eigenvalue weighted by atomic mass is 9.76. The van der Waals surface area contributed by atoms with Gasteiger partial charge in [-0.15, -0.1) is 0 Å². The van der Waals surface area contributed by atoms with Gasteiger partial charge in [0, 0.05) is 30.6 Å². The maximum absolute atomic E-state index is 12.9. The molecular weight excluding hydrogens is 380 g/mol. The number of aliphatic hydroxyl groups is 1. The van der Waals surface area contributed by atoms with Gasteiger partial charge in [-0.2, -0.15) is 0 Å². The highest BCUT2D eigenvalue weighted by atomic mass is 16.6. The highest BCUT2D eigenvalue weighted by Crippen LogP contribution is 2.42. The molecular formula is C24H24N2O4. The summed E-state index contributed by atoms with van der Waals surface area (Å²) in [4.78, 5) is 18.8. The number of morpholine rings is 1. The van der Waals surface area contributed by atoms with Crippen molar-refractivity contribution in [2.45, 2.75) is 37.1 Å². The minimum atomic E-state index is -1.01. The molecule has 5 rings (SSSR count). The van der Waals surface area contributed by atoms with E-state index in [-0.39, 0.29) is 24.8 Å². The Labute approximate surface area is 175 Å². The van der Waals surface area contributed by atoms with Gasteiger partial charge in [0.2, 0.25) is 0 Å². The Hall–Kier alpha value is -2.96. The molecule has 3 heterocycles. The van der Waals surface area contributed by atoms with Gasteiger partial charge < -0.3 is 14.6 Å². The predicted molar refractivity (Wildman–Crippen MR) is 112 cm³/mol. The molecule has 154 valence electrons. The number of ether oxygens (including phenoxy) is 2. The lowest BCUT2D eigenvalue weighted by Gasteiger charge is -2.51. The number of benzene rings is 2. The van der Waals surface area contributed by atoms with E-state index in [2.05, 4.69) is 4.98 Å². The molecule has 2 bridgehead atoms. The van der Waals surface area contributed by atoms with Crippen molar-refractivity contribution >= 4 is 16.9 Å². The molecule has 3 aromatic rings. The van der Waals surface area contributed by atoms with Crippen LogP contribution in [0.1, 0.15) is 24.0 Å². The lowest BCUT2D eigenvalue weighted by Crippen LogP contribution is -2.62. The Balaban J connectivity index is 1.35. The number of amides is 1. The summed E-state index contributed by atoms with van der Waals surface area (Å²) in [6.07, 6.45) is 4.06. The van der Waals surface area contributed by atoms with Crippen LogP contribution in [0.2, 0.25) is 0 Å². The van der Waals surface area contributed by atoms with Crippen molar-refractivity contribution in [2.75, 3.05) is 13.2 Å². The molecule has 2 fully saturated rings.